The number of anilines is 2. The normalized spacial score (nSPS) is 11.2. The molecule has 0 radical (unpaired) electrons. The van der Waals surface area contributed by atoms with Gasteiger partial charge in [0, 0.05) is 16.2 Å². The maximum absolute atomic E-state index is 12.2. The molecule has 0 saturated carbocycles. The van der Waals surface area contributed by atoms with Crippen LogP contribution in [0.3, 0.4) is 0 Å². The molecule has 3 aromatic rings. The maximum atomic E-state index is 12.2. The average Bonchev–Trinajstić information content (AvgIpc) is 3.10. The summed E-state index contributed by atoms with van der Waals surface area (Å²) in [6.07, 6.45) is 0. The van der Waals surface area contributed by atoms with E-state index in [2.05, 4.69) is 42.0 Å². The number of thioether (sulfide) groups is 1. The number of carbonyl (C=O) groups is 1. The highest BCUT2D eigenvalue weighted by Crippen LogP contribution is 2.19. The van der Waals surface area contributed by atoms with E-state index in [1.54, 1.807) is 31.4 Å². The molecule has 0 aliphatic carbocycles. The lowest BCUT2D eigenvalue weighted by Gasteiger charge is -2.07. The van der Waals surface area contributed by atoms with E-state index < -0.39 is 0 Å². The van der Waals surface area contributed by atoms with Crippen LogP contribution in [-0.2, 0) is 4.79 Å². The number of methoxy groups -OCH3 is 1. The van der Waals surface area contributed by atoms with Crippen LogP contribution in [0.4, 0.5) is 11.6 Å². The molecule has 1 amide bonds. The third-order valence-corrected chi connectivity index (χ3v) is 5.41. The third-order valence-electron chi connectivity index (χ3n) is 3.94. The van der Waals surface area contributed by atoms with Crippen LogP contribution in [-0.4, -0.2) is 39.4 Å². The number of nitrogen functional groups attached to an aromatic ring is 1. The molecule has 0 saturated heterocycles. The SMILES string of the molecule is COc1cccc(NC(=O)CSc2nnc(N/N=C(\C)c3ccc(Br)cc3)n2N)c1. The van der Waals surface area contributed by atoms with Gasteiger partial charge in [-0.15, -0.1) is 10.2 Å². The first-order valence-corrected chi connectivity index (χ1v) is 10.6. The summed E-state index contributed by atoms with van der Waals surface area (Å²) in [5, 5.41) is 15.4. The lowest BCUT2D eigenvalue weighted by molar-refractivity contribution is -0.113. The van der Waals surface area contributed by atoms with Crippen molar-refractivity contribution in [1.29, 1.82) is 0 Å². The molecule has 0 aliphatic heterocycles. The highest BCUT2D eigenvalue weighted by Gasteiger charge is 2.12. The molecule has 9 nitrogen and oxygen atoms in total. The molecule has 2 aromatic carbocycles. The minimum absolute atomic E-state index is 0.119. The Bertz CT molecular complexity index is 1050. The Balaban J connectivity index is 1.56. The molecule has 30 heavy (non-hydrogen) atoms. The standard InChI is InChI=1S/C19H20BrN7O2S/c1-12(13-6-8-14(20)9-7-13)23-24-18-25-26-19(27(18)21)30-11-17(28)22-15-4-3-5-16(10-15)29-2/h3-10H,11,21H2,1-2H3,(H,22,28)(H,24,25)/b23-12+. The second kappa shape index (κ2) is 10.1. The summed E-state index contributed by atoms with van der Waals surface area (Å²) < 4.78 is 7.39. The molecule has 1 aromatic heterocycles. The first-order valence-electron chi connectivity index (χ1n) is 8.79. The zero-order valence-corrected chi connectivity index (χ0v) is 18.7. The summed E-state index contributed by atoms with van der Waals surface area (Å²) in [7, 11) is 1.57. The van der Waals surface area contributed by atoms with Gasteiger partial charge in [0.15, 0.2) is 0 Å². The van der Waals surface area contributed by atoms with Gasteiger partial charge in [0.1, 0.15) is 5.75 Å². The third kappa shape index (κ3) is 5.74. The van der Waals surface area contributed by atoms with Gasteiger partial charge < -0.3 is 15.9 Å². The molecule has 11 heteroatoms. The number of hydrazone groups is 1. The lowest BCUT2D eigenvalue weighted by Crippen LogP contribution is -2.17. The van der Waals surface area contributed by atoms with Crippen LogP contribution in [0.25, 0.3) is 0 Å². The fourth-order valence-electron chi connectivity index (χ4n) is 2.37. The lowest BCUT2D eigenvalue weighted by atomic mass is 10.1. The summed E-state index contributed by atoms with van der Waals surface area (Å²) in [6, 6.07) is 14.9. The van der Waals surface area contributed by atoms with Crippen molar-refractivity contribution in [3.05, 3.63) is 58.6 Å². The smallest absolute Gasteiger partial charge is 0.264 e. The Labute approximate surface area is 186 Å². The van der Waals surface area contributed by atoms with Crippen molar-refractivity contribution in [2.45, 2.75) is 12.1 Å². The quantitative estimate of drug-likeness (QED) is 0.192. The molecule has 0 unspecified atom stereocenters. The van der Waals surface area contributed by atoms with Gasteiger partial charge in [-0.2, -0.15) is 5.10 Å². The number of nitrogens with one attached hydrogen (secondary N) is 2. The summed E-state index contributed by atoms with van der Waals surface area (Å²) in [4.78, 5) is 12.2. The summed E-state index contributed by atoms with van der Waals surface area (Å²) >= 11 is 4.57. The van der Waals surface area contributed by atoms with Crippen molar-refractivity contribution in [3.63, 3.8) is 0 Å². The molecule has 0 aliphatic rings. The Morgan fingerprint density at radius 2 is 2.03 bits per heavy atom. The predicted octanol–water partition coefficient (Wildman–Crippen LogP) is 3.33. The number of ether oxygens (including phenoxy) is 1. The van der Waals surface area contributed by atoms with Gasteiger partial charge in [-0.1, -0.05) is 45.9 Å². The van der Waals surface area contributed by atoms with Crippen molar-refractivity contribution in [1.82, 2.24) is 14.9 Å². The van der Waals surface area contributed by atoms with Gasteiger partial charge in [0.25, 0.3) is 5.95 Å². The molecular weight excluding hydrogens is 470 g/mol. The van der Waals surface area contributed by atoms with Crippen molar-refractivity contribution in [2.75, 3.05) is 29.4 Å². The largest absolute Gasteiger partial charge is 0.497 e. The van der Waals surface area contributed by atoms with Gasteiger partial charge in [0.2, 0.25) is 11.1 Å². The second-order valence-corrected chi connectivity index (χ2v) is 7.92. The second-order valence-electron chi connectivity index (χ2n) is 6.06. The predicted molar refractivity (Wildman–Crippen MR) is 122 cm³/mol. The van der Waals surface area contributed by atoms with E-state index in [1.165, 1.54) is 4.68 Å². The molecular formula is C19H20BrN7O2S. The molecule has 156 valence electrons. The zero-order chi connectivity index (χ0) is 21.5. The van der Waals surface area contributed by atoms with Gasteiger partial charge in [0.05, 0.1) is 18.6 Å². The number of aromatic nitrogens is 3. The number of amides is 1. The van der Waals surface area contributed by atoms with Crippen LogP contribution >= 0.6 is 27.7 Å². The van der Waals surface area contributed by atoms with Crippen LogP contribution in [0.1, 0.15) is 12.5 Å². The van der Waals surface area contributed by atoms with Crippen molar-refractivity contribution in [3.8, 4) is 5.75 Å². The van der Waals surface area contributed by atoms with E-state index in [9.17, 15) is 4.79 Å². The number of rotatable bonds is 8. The van der Waals surface area contributed by atoms with Gasteiger partial charge in [-0.05, 0) is 36.8 Å². The number of nitrogens with zero attached hydrogens (tertiary/aromatic N) is 4. The van der Waals surface area contributed by atoms with Gasteiger partial charge >= 0.3 is 0 Å². The van der Waals surface area contributed by atoms with Crippen LogP contribution in [0.2, 0.25) is 0 Å². The van der Waals surface area contributed by atoms with Crippen LogP contribution in [0, 0.1) is 0 Å². The summed E-state index contributed by atoms with van der Waals surface area (Å²) in [6.45, 7) is 1.87. The van der Waals surface area contributed by atoms with E-state index in [0.717, 1.165) is 27.5 Å². The van der Waals surface area contributed by atoms with Crippen molar-refractivity contribution in [2.24, 2.45) is 5.10 Å². The summed E-state index contributed by atoms with van der Waals surface area (Å²) in [5.41, 5.74) is 5.16. The Kier molecular flexibility index (Phi) is 7.31. The van der Waals surface area contributed by atoms with Crippen LogP contribution in [0.5, 0.6) is 5.75 Å². The van der Waals surface area contributed by atoms with Crippen LogP contribution < -0.4 is 21.3 Å². The van der Waals surface area contributed by atoms with E-state index in [0.29, 0.717) is 16.6 Å². The minimum Gasteiger partial charge on any atom is -0.497 e. The fraction of sp³-hybridized carbons (Fsp3) is 0.158. The first kappa shape index (κ1) is 21.7. The number of nitrogens with two attached hydrogens (primary N) is 1. The Hall–Kier alpha value is -3.05. The van der Waals surface area contributed by atoms with E-state index in [4.69, 9.17) is 10.6 Å². The Morgan fingerprint density at radius 1 is 1.27 bits per heavy atom. The number of hydrogen-bond donors (Lipinski definition) is 3. The Morgan fingerprint density at radius 3 is 2.77 bits per heavy atom. The molecule has 1 heterocycles. The molecule has 0 bridgehead atoms. The summed E-state index contributed by atoms with van der Waals surface area (Å²) in [5.74, 6) is 6.86. The highest BCUT2D eigenvalue weighted by molar-refractivity contribution is 9.10. The van der Waals surface area contributed by atoms with Crippen molar-refractivity contribution >= 4 is 50.9 Å². The average molecular weight is 490 g/mol. The molecule has 0 fully saturated rings. The monoisotopic (exact) mass is 489 g/mol. The highest BCUT2D eigenvalue weighted by atomic mass is 79.9. The zero-order valence-electron chi connectivity index (χ0n) is 16.3. The molecule has 0 atom stereocenters. The number of hydrogen-bond acceptors (Lipinski definition) is 8. The van der Waals surface area contributed by atoms with Gasteiger partial charge in [-0.3, -0.25) is 4.79 Å². The van der Waals surface area contributed by atoms with Gasteiger partial charge in [-0.25, -0.2) is 10.1 Å². The van der Waals surface area contributed by atoms with E-state index in [1.807, 2.05) is 31.2 Å². The van der Waals surface area contributed by atoms with E-state index >= 15 is 0 Å². The number of carbonyl (C=O) groups excluding carboxylic acids is 1. The van der Waals surface area contributed by atoms with Crippen molar-refractivity contribution < 1.29 is 9.53 Å². The maximum Gasteiger partial charge on any atom is 0.264 e. The molecule has 4 N–H and O–H groups in total. The minimum atomic E-state index is -0.199. The van der Waals surface area contributed by atoms with E-state index in [-0.39, 0.29) is 17.6 Å². The fourth-order valence-corrected chi connectivity index (χ4v) is 3.29. The van der Waals surface area contributed by atoms with Crippen LogP contribution in [0.15, 0.2) is 63.3 Å². The topological polar surface area (TPSA) is 119 Å². The number of halogens is 1. The molecule has 0 spiro atoms. The number of benzene rings is 2. The molecule has 3 rings (SSSR count). The first-order chi connectivity index (χ1) is 14.5.